The Labute approximate surface area is 128 Å². The third-order valence-corrected chi connectivity index (χ3v) is 3.68. The van der Waals surface area contributed by atoms with Gasteiger partial charge < -0.3 is 5.11 Å². The average molecular weight is 321 g/mol. The first-order valence-electron chi connectivity index (χ1n) is 6.61. The minimum absolute atomic E-state index is 0.111. The zero-order chi connectivity index (χ0) is 16.8. The predicted molar refractivity (Wildman–Crippen MR) is 74.7 cm³/mol. The number of rotatable bonds is 2. The van der Waals surface area contributed by atoms with Crippen LogP contribution in [-0.2, 0) is 10.5 Å². The summed E-state index contributed by atoms with van der Waals surface area (Å²) in [5, 5.41) is 10.5. The molecule has 2 aromatic carbocycles. The van der Waals surface area contributed by atoms with Crippen LogP contribution in [0.3, 0.4) is 0 Å². The number of amides is 1. The van der Waals surface area contributed by atoms with Gasteiger partial charge in [-0.25, -0.2) is 0 Å². The molecule has 0 aromatic heterocycles. The summed E-state index contributed by atoms with van der Waals surface area (Å²) < 4.78 is 41.0. The van der Waals surface area contributed by atoms with Gasteiger partial charge in [-0.15, -0.1) is 0 Å². The number of hydrogen-bond donors (Lipinski definition) is 1. The van der Waals surface area contributed by atoms with E-state index in [1.165, 1.54) is 42.5 Å². The van der Waals surface area contributed by atoms with Crippen LogP contribution >= 0.6 is 0 Å². The molecule has 3 rings (SSSR count). The molecule has 0 fully saturated rings. The van der Waals surface area contributed by atoms with E-state index in [2.05, 4.69) is 0 Å². The Morgan fingerprint density at radius 1 is 0.870 bits per heavy atom. The lowest BCUT2D eigenvalue weighted by atomic mass is 10.00. The molecule has 2 aromatic rings. The van der Waals surface area contributed by atoms with Gasteiger partial charge in [-0.1, -0.05) is 42.5 Å². The highest BCUT2D eigenvalue weighted by Crippen LogP contribution is 2.47. The largest absolute Gasteiger partial charge is 0.441 e. The second-order valence-corrected chi connectivity index (χ2v) is 5.02. The Bertz CT molecular complexity index is 789. The fourth-order valence-corrected chi connectivity index (χ4v) is 2.60. The Kier molecular flexibility index (Phi) is 3.26. The molecule has 0 unspecified atom stereocenters. The number of carbonyl (C=O) groups excluding carboxylic acids is 2. The maximum atomic E-state index is 13.7. The number of carbonyl (C=O) groups is 2. The highest BCUT2D eigenvalue weighted by molar-refractivity contribution is 6.52. The molecule has 1 aliphatic heterocycles. The van der Waals surface area contributed by atoms with Crippen LogP contribution in [0.1, 0.15) is 15.9 Å². The molecule has 1 atom stereocenters. The first-order chi connectivity index (χ1) is 10.8. The molecule has 0 bridgehead atoms. The quantitative estimate of drug-likeness (QED) is 0.865. The number of hydrogen-bond acceptors (Lipinski definition) is 3. The van der Waals surface area contributed by atoms with Crippen molar-refractivity contribution >= 4 is 17.4 Å². The number of Topliss-reactive ketones (excluding diaryl/α,β-unsaturated/α-hetero) is 1. The van der Waals surface area contributed by atoms with Crippen molar-refractivity contribution in [3.8, 4) is 0 Å². The summed E-state index contributed by atoms with van der Waals surface area (Å²) in [5.74, 6) is -2.51. The molecule has 23 heavy (non-hydrogen) atoms. The van der Waals surface area contributed by atoms with E-state index in [1.807, 2.05) is 0 Å². The van der Waals surface area contributed by atoms with Crippen LogP contribution in [0, 0.1) is 0 Å². The van der Waals surface area contributed by atoms with E-state index < -0.39 is 29.2 Å². The molecule has 118 valence electrons. The van der Waals surface area contributed by atoms with Crippen molar-refractivity contribution in [2.24, 2.45) is 0 Å². The number of benzene rings is 2. The zero-order valence-corrected chi connectivity index (χ0v) is 11.5. The summed E-state index contributed by atoms with van der Waals surface area (Å²) in [4.78, 5) is 24.2. The second kappa shape index (κ2) is 4.92. The van der Waals surface area contributed by atoms with Crippen molar-refractivity contribution in [2.75, 3.05) is 4.90 Å². The van der Waals surface area contributed by atoms with Crippen molar-refractivity contribution in [3.05, 3.63) is 65.7 Å². The summed E-state index contributed by atoms with van der Waals surface area (Å²) in [6.07, 6.45) is -5.21. The number of fused-ring (bicyclic) bond motifs is 1. The maximum absolute atomic E-state index is 13.7. The Hall–Kier alpha value is -2.67. The maximum Gasteiger partial charge on any atom is 0.441 e. The number of para-hydroxylation sites is 1. The normalized spacial score (nSPS) is 17.1. The molecule has 0 spiro atoms. The van der Waals surface area contributed by atoms with Crippen LogP contribution in [0.4, 0.5) is 18.9 Å². The van der Waals surface area contributed by atoms with Gasteiger partial charge in [0.05, 0.1) is 11.3 Å². The Morgan fingerprint density at radius 2 is 1.43 bits per heavy atom. The standard InChI is InChI=1S/C16H10F3NO3/c17-16(18,19)15(23,10-6-2-1-3-7-10)20-12-9-5-4-8-11(12)13(21)14(20)22/h1-9,23H/t15-/m1/s1. The van der Waals surface area contributed by atoms with Crippen LogP contribution in [0.25, 0.3) is 0 Å². The Morgan fingerprint density at radius 3 is 2.04 bits per heavy atom. The number of anilines is 1. The first kappa shape index (κ1) is 15.2. The fourth-order valence-electron chi connectivity index (χ4n) is 2.60. The average Bonchev–Trinajstić information content (AvgIpc) is 2.79. The zero-order valence-electron chi connectivity index (χ0n) is 11.5. The van der Waals surface area contributed by atoms with Crippen LogP contribution in [-0.4, -0.2) is 23.0 Å². The van der Waals surface area contributed by atoms with Crippen LogP contribution in [0.5, 0.6) is 0 Å². The van der Waals surface area contributed by atoms with Gasteiger partial charge >= 0.3 is 12.1 Å². The highest BCUT2D eigenvalue weighted by atomic mass is 19.4. The molecule has 4 nitrogen and oxygen atoms in total. The molecule has 0 saturated heterocycles. The molecule has 1 amide bonds. The molecule has 1 N–H and O–H groups in total. The van der Waals surface area contributed by atoms with Crippen molar-refractivity contribution in [1.82, 2.24) is 0 Å². The van der Waals surface area contributed by atoms with Crippen LogP contribution in [0.15, 0.2) is 54.6 Å². The smallest absolute Gasteiger partial charge is 0.359 e. The van der Waals surface area contributed by atoms with E-state index in [9.17, 15) is 27.9 Å². The highest BCUT2D eigenvalue weighted by Gasteiger charge is 2.64. The minimum Gasteiger partial charge on any atom is -0.359 e. The molecule has 0 saturated carbocycles. The Balaban J connectivity index is 2.28. The van der Waals surface area contributed by atoms with Gasteiger partial charge in [-0.05, 0) is 12.1 Å². The van der Waals surface area contributed by atoms with E-state index in [1.54, 1.807) is 0 Å². The van der Waals surface area contributed by atoms with E-state index in [0.29, 0.717) is 0 Å². The number of ketones is 1. The van der Waals surface area contributed by atoms with E-state index >= 15 is 0 Å². The van der Waals surface area contributed by atoms with Crippen molar-refractivity contribution < 1.29 is 27.9 Å². The van der Waals surface area contributed by atoms with Crippen LogP contribution in [0.2, 0.25) is 0 Å². The summed E-state index contributed by atoms with van der Waals surface area (Å²) in [7, 11) is 0. The lowest BCUT2D eigenvalue weighted by Crippen LogP contribution is -2.58. The van der Waals surface area contributed by atoms with Crippen molar-refractivity contribution in [2.45, 2.75) is 11.9 Å². The summed E-state index contributed by atoms with van der Waals surface area (Å²) in [6.45, 7) is 0. The fraction of sp³-hybridized carbons (Fsp3) is 0.125. The number of aliphatic hydroxyl groups is 1. The van der Waals surface area contributed by atoms with Gasteiger partial charge in [-0.2, -0.15) is 13.2 Å². The van der Waals surface area contributed by atoms with Gasteiger partial charge in [0.15, 0.2) is 0 Å². The SMILES string of the molecule is O=C1C(=O)N([C@@](O)(c2ccccc2)C(F)(F)F)c2ccccc21. The molecule has 1 aliphatic rings. The molecular weight excluding hydrogens is 311 g/mol. The molecule has 0 radical (unpaired) electrons. The lowest BCUT2D eigenvalue weighted by Gasteiger charge is -2.38. The third-order valence-electron chi connectivity index (χ3n) is 3.68. The monoisotopic (exact) mass is 321 g/mol. The number of halogens is 3. The van der Waals surface area contributed by atoms with E-state index in [4.69, 9.17) is 0 Å². The van der Waals surface area contributed by atoms with E-state index in [0.717, 1.165) is 12.1 Å². The van der Waals surface area contributed by atoms with Crippen molar-refractivity contribution in [1.29, 1.82) is 0 Å². The number of nitrogens with zero attached hydrogens (tertiary/aromatic N) is 1. The first-order valence-corrected chi connectivity index (χ1v) is 6.61. The summed E-state index contributed by atoms with van der Waals surface area (Å²) in [5.41, 5.74) is -4.62. The van der Waals surface area contributed by atoms with Gasteiger partial charge in [0, 0.05) is 5.56 Å². The molecule has 7 heteroatoms. The van der Waals surface area contributed by atoms with Crippen molar-refractivity contribution in [3.63, 3.8) is 0 Å². The topological polar surface area (TPSA) is 57.6 Å². The summed E-state index contributed by atoms with van der Waals surface area (Å²) in [6, 6.07) is 11.4. The second-order valence-electron chi connectivity index (χ2n) is 5.02. The van der Waals surface area contributed by atoms with Gasteiger partial charge in [0.1, 0.15) is 0 Å². The van der Waals surface area contributed by atoms with E-state index in [-0.39, 0.29) is 16.2 Å². The van der Waals surface area contributed by atoms with Crippen LogP contribution < -0.4 is 4.90 Å². The molecular formula is C16H10F3NO3. The summed E-state index contributed by atoms with van der Waals surface area (Å²) >= 11 is 0. The predicted octanol–water partition coefficient (Wildman–Crippen LogP) is 2.62. The molecule has 0 aliphatic carbocycles. The van der Waals surface area contributed by atoms with Gasteiger partial charge in [0.25, 0.3) is 11.5 Å². The molecule has 1 heterocycles. The number of alkyl halides is 3. The van der Waals surface area contributed by atoms with Gasteiger partial charge in [0.2, 0.25) is 0 Å². The third kappa shape index (κ3) is 2.04. The van der Waals surface area contributed by atoms with Gasteiger partial charge in [-0.3, -0.25) is 14.5 Å². The minimum atomic E-state index is -5.21. The lowest BCUT2D eigenvalue weighted by molar-refractivity contribution is -0.264.